The molecule has 0 radical (unpaired) electrons. The number of sulfonamides is 1. The molecule has 0 unspecified atom stereocenters. The van der Waals surface area contributed by atoms with Crippen LogP contribution in [-0.2, 0) is 14.8 Å². The molecule has 6 nitrogen and oxygen atoms in total. The highest BCUT2D eigenvalue weighted by Gasteiger charge is 2.24. The van der Waals surface area contributed by atoms with Crippen LogP contribution in [0.4, 0.5) is 5.69 Å². The number of ether oxygens (including phenoxy) is 1. The van der Waals surface area contributed by atoms with Gasteiger partial charge in [0.15, 0.2) is 0 Å². The topological polar surface area (TPSA) is 75.7 Å². The molecule has 0 saturated carbocycles. The minimum atomic E-state index is -3.68. The molecule has 0 spiro atoms. The number of carbonyl (C=O) groups excluding carboxylic acids is 1. The number of aryl methyl sites for hydroxylation is 1. The van der Waals surface area contributed by atoms with Crippen LogP contribution in [0.1, 0.15) is 36.1 Å². The lowest BCUT2D eigenvalue weighted by molar-refractivity contribution is -0.120. The number of anilines is 1. The molecule has 1 N–H and O–H groups in total. The van der Waals surface area contributed by atoms with E-state index in [1.165, 1.54) is 0 Å². The summed E-state index contributed by atoms with van der Waals surface area (Å²) in [5.74, 6) is 0.379. The average molecular weight is 439 g/mol. The smallest absolute Gasteiger partial charge is 0.241 e. The van der Waals surface area contributed by atoms with Crippen LogP contribution in [0.15, 0.2) is 36.4 Å². The molecule has 0 aliphatic heterocycles. The molecule has 0 aromatic heterocycles. The van der Waals surface area contributed by atoms with Crippen molar-refractivity contribution in [3.63, 3.8) is 0 Å². The minimum Gasteiger partial charge on any atom is -0.496 e. The standard InChI is InChI=1S/C21H27ClN2O4S/c1-6-18(16-10-11-20(28-4)14(2)12-16)23-21(25)13-24(29(5,26)27)19-9-7-8-17(22)15(19)3/h7-12,18H,6,13H2,1-5H3,(H,23,25)/t18-/m1/s1. The second-order valence-corrected chi connectivity index (χ2v) is 9.23. The Balaban J connectivity index is 2.25. The number of nitrogens with one attached hydrogen (secondary N) is 1. The summed E-state index contributed by atoms with van der Waals surface area (Å²) in [5, 5.41) is 3.38. The molecule has 158 valence electrons. The van der Waals surface area contributed by atoms with E-state index in [9.17, 15) is 13.2 Å². The van der Waals surface area contributed by atoms with Gasteiger partial charge in [0.1, 0.15) is 12.3 Å². The Kier molecular flexibility index (Phi) is 7.54. The molecular weight excluding hydrogens is 412 g/mol. The lowest BCUT2D eigenvalue weighted by Gasteiger charge is -2.26. The van der Waals surface area contributed by atoms with Crippen molar-refractivity contribution >= 4 is 33.2 Å². The first-order chi connectivity index (χ1) is 13.6. The third-order valence-electron chi connectivity index (χ3n) is 4.76. The number of carbonyl (C=O) groups is 1. The number of halogens is 1. The van der Waals surface area contributed by atoms with E-state index < -0.39 is 15.9 Å². The van der Waals surface area contributed by atoms with E-state index in [0.717, 1.165) is 27.4 Å². The fourth-order valence-electron chi connectivity index (χ4n) is 3.16. The fourth-order valence-corrected chi connectivity index (χ4v) is 4.23. The van der Waals surface area contributed by atoms with Crippen molar-refractivity contribution in [2.75, 3.05) is 24.2 Å². The SMILES string of the molecule is CC[C@@H](NC(=O)CN(c1cccc(Cl)c1C)S(C)(=O)=O)c1ccc(OC)c(C)c1. The number of rotatable bonds is 8. The van der Waals surface area contributed by atoms with Gasteiger partial charge >= 0.3 is 0 Å². The highest BCUT2D eigenvalue weighted by molar-refractivity contribution is 7.92. The van der Waals surface area contributed by atoms with Gasteiger partial charge in [0, 0.05) is 5.02 Å². The third kappa shape index (κ3) is 5.64. The van der Waals surface area contributed by atoms with Gasteiger partial charge in [0.2, 0.25) is 15.9 Å². The largest absolute Gasteiger partial charge is 0.496 e. The molecule has 2 aromatic carbocycles. The summed E-state index contributed by atoms with van der Waals surface area (Å²) in [6.07, 6.45) is 1.73. The van der Waals surface area contributed by atoms with Crippen LogP contribution in [0.25, 0.3) is 0 Å². The van der Waals surface area contributed by atoms with Crippen molar-refractivity contribution in [3.05, 3.63) is 58.1 Å². The summed E-state index contributed by atoms with van der Waals surface area (Å²) < 4.78 is 31.1. The van der Waals surface area contributed by atoms with E-state index >= 15 is 0 Å². The van der Waals surface area contributed by atoms with Gasteiger partial charge in [-0.05, 0) is 55.2 Å². The lowest BCUT2D eigenvalue weighted by Crippen LogP contribution is -2.41. The van der Waals surface area contributed by atoms with E-state index in [0.29, 0.717) is 22.7 Å². The van der Waals surface area contributed by atoms with Crippen molar-refractivity contribution in [3.8, 4) is 5.75 Å². The molecule has 2 aromatic rings. The summed E-state index contributed by atoms with van der Waals surface area (Å²) in [5.41, 5.74) is 2.89. The first-order valence-electron chi connectivity index (χ1n) is 9.25. The summed E-state index contributed by atoms with van der Waals surface area (Å²) in [4.78, 5) is 12.7. The maximum Gasteiger partial charge on any atom is 0.241 e. The van der Waals surface area contributed by atoms with Crippen LogP contribution in [0.3, 0.4) is 0 Å². The van der Waals surface area contributed by atoms with Crippen molar-refractivity contribution in [2.24, 2.45) is 0 Å². The molecule has 1 atom stereocenters. The Hall–Kier alpha value is -2.25. The molecule has 0 aliphatic rings. The van der Waals surface area contributed by atoms with E-state index in [1.54, 1.807) is 32.2 Å². The number of nitrogens with zero attached hydrogens (tertiary/aromatic N) is 1. The zero-order chi connectivity index (χ0) is 21.8. The van der Waals surface area contributed by atoms with Crippen molar-refractivity contribution < 1.29 is 17.9 Å². The van der Waals surface area contributed by atoms with E-state index in [1.807, 2.05) is 32.0 Å². The lowest BCUT2D eigenvalue weighted by atomic mass is 10.0. The Morgan fingerprint density at radius 3 is 2.48 bits per heavy atom. The van der Waals surface area contributed by atoms with E-state index in [-0.39, 0.29) is 12.6 Å². The number of hydrogen-bond donors (Lipinski definition) is 1. The molecule has 1 amide bonds. The molecule has 2 rings (SSSR count). The number of amides is 1. The molecule has 0 fully saturated rings. The van der Waals surface area contributed by atoms with Crippen molar-refractivity contribution in [2.45, 2.75) is 33.2 Å². The fraction of sp³-hybridized carbons (Fsp3) is 0.381. The van der Waals surface area contributed by atoms with E-state index in [2.05, 4.69) is 5.32 Å². The van der Waals surface area contributed by atoms with Gasteiger partial charge in [0.25, 0.3) is 0 Å². The predicted molar refractivity (Wildman–Crippen MR) is 117 cm³/mol. The predicted octanol–water partition coefficient (Wildman–Crippen LogP) is 4.00. The zero-order valence-corrected chi connectivity index (χ0v) is 18.9. The first kappa shape index (κ1) is 23.0. The number of benzene rings is 2. The van der Waals surface area contributed by atoms with Gasteiger partial charge in [-0.3, -0.25) is 9.10 Å². The summed E-state index contributed by atoms with van der Waals surface area (Å²) in [6.45, 7) is 5.29. The maximum absolute atomic E-state index is 12.7. The highest BCUT2D eigenvalue weighted by Crippen LogP contribution is 2.28. The molecule has 29 heavy (non-hydrogen) atoms. The van der Waals surface area contributed by atoms with Crippen LogP contribution in [0.5, 0.6) is 5.75 Å². The van der Waals surface area contributed by atoms with Gasteiger partial charge in [-0.1, -0.05) is 36.7 Å². The van der Waals surface area contributed by atoms with Crippen molar-refractivity contribution in [1.82, 2.24) is 5.32 Å². The summed E-state index contributed by atoms with van der Waals surface area (Å²) in [6, 6.07) is 10.5. The van der Waals surface area contributed by atoms with Crippen LogP contribution >= 0.6 is 11.6 Å². The normalized spacial score (nSPS) is 12.3. The Bertz CT molecular complexity index is 992. The van der Waals surface area contributed by atoms with Crippen LogP contribution in [0, 0.1) is 13.8 Å². The highest BCUT2D eigenvalue weighted by atomic mass is 35.5. The van der Waals surface area contributed by atoms with Gasteiger partial charge < -0.3 is 10.1 Å². The number of methoxy groups -OCH3 is 1. The second-order valence-electron chi connectivity index (χ2n) is 6.91. The van der Waals surface area contributed by atoms with Gasteiger partial charge in [-0.2, -0.15) is 0 Å². The minimum absolute atomic E-state index is 0.242. The summed E-state index contributed by atoms with van der Waals surface area (Å²) >= 11 is 6.14. The zero-order valence-electron chi connectivity index (χ0n) is 17.3. The Labute approximate surface area is 177 Å². The Morgan fingerprint density at radius 2 is 1.93 bits per heavy atom. The third-order valence-corrected chi connectivity index (χ3v) is 6.30. The quantitative estimate of drug-likeness (QED) is 0.675. The molecule has 0 bridgehead atoms. The molecular formula is C21H27ClN2O4S. The van der Waals surface area contributed by atoms with Crippen molar-refractivity contribution in [1.29, 1.82) is 0 Å². The Morgan fingerprint density at radius 1 is 1.24 bits per heavy atom. The second kappa shape index (κ2) is 9.50. The van der Waals surface area contributed by atoms with Gasteiger partial charge in [0.05, 0.1) is 25.1 Å². The van der Waals surface area contributed by atoms with Gasteiger partial charge in [-0.15, -0.1) is 0 Å². The van der Waals surface area contributed by atoms with Gasteiger partial charge in [-0.25, -0.2) is 8.42 Å². The van der Waals surface area contributed by atoms with E-state index in [4.69, 9.17) is 16.3 Å². The van der Waals surface area contributed by atoms with Crippen LogP contribution < -0.4 is 14.4 Å². The van der Waals surface area contributed by atoms with Crippen LogP contribution in [0.2, 0.25) is 5.02 Å². The number of hydrogen-bond acceptors (Lipinski definition) is 4. The summed E-state index contributed by atoms with van der Waals surface area (Å²) in [7, 11) is -2.07. The maximum atomic E-state index is 12.7. The monoisotopic (exact) mass is 438 g/mol. The molecule has 0 aliphatic carbocycles. The average Bonchev–Trinajstić information content (AvgIpc) is 2.65. The van der Waals surface area contributed by atoms with Crippen LogP contribution in [-0.4, -0.2) is 34.2 Å². The molecule has 0 saturated heterocycles. The molecule has 0 heterocycles. The molecule has 8 heteroatoms. The first-order valence-corrected chi connectivity index (χ1v) is 11.5.